The van der Waals surface area contributed by atoms with E-state index >= 15 is 0 Å². The highest BCUT2D eigenvalue weighted by molar-refractivity contribution is 5.84. The highest BCUT2D eigenvalue weighted by Crippen LogP contribution is 1.93. The standard InChI is InChI=1S/C17H36N4O3/c1-6-23-11-7-9-18-17(20-13-16(22)21(4)5)19-10-8-12-24-14-15(2)3/h15H,6-14H2,1-5H3,(H2,18,19,20). The van der Waals surface area contributed by atoms with Crippen LogP contribution >= 0.6 is 0 Å². The van der Waals surface area contributed by atoms with E-state index in [1.54, 1.807) is 14.1 Å². The lowest BCUT2D eigenvalue weighted by Crippen LogP contribution is -2.40. The Bertz CT molecular complexity index is 347. The quantitative estimate of drug-likeness (QED) is 0.297. The predicted octanol–water partition coefficient (Wildman–Crippen LogP) is 1.10. The van der Waals surface area contributed by atoms with Crippen LogP contribution in [0.5, 0.6) is 0 Å². The van der Waals surface area contributed by atoms with Crippen LogP contribution in [0.4, 0.5) is 0 Å². The second-order valence-corrected chi connectivity index (χ2v) is 6.18. The van der Waals surface area contributed by atoms with E-state index < -0.39 is 0 Å². The summed E-state index contributed by atoms with van der Waals surface area (Å²) in [6.45, 7) is 10.9. The average molecular weight is 345 g/mol. The SMILES string of the molecule is CCOCCCNC(=NCC(=O)N(C)C)NCCCOCC(C)C. The zero-order valence-corrected chi connectivity index (χ0v) is 16.1. The van der Waals surface area contributed by atoms with Gasteiger partial charge in [0.25, 0.3) is 0 Å². The Kier molecular flexibility index (Phi) is 14.4. The summed E-state index contributed by atoms with van der Waals surface area (Å²) in [5.74, 6) is 1.19. The summed E-state index contributed by atoms with van der Waals surface area (Å²) in [6, 6.07) is 0. The lowest BCUT2D eigenvalue weighted by molar-refractivity contribution is -0.127. The molecule has 0 saturated heterocycles. The summed E-state index contributed by atoms with van der Waals surface area (Å²) >= 11 is 0. The van der Waals surface area contributed by atoms with Gasteiger partial charge in [-0.1, -0.05) is 13.8 Å². The van der Waals surface area contributed by atoms with Crippen LogP contribution in [-0.4, -0.2) is 76.9 Å². The fourth-order valence-corrected chi connectivity index (χ4v) is 1.69. The summed E-state index contributed by atoms with van der Waals surface area (Å²) in [5, 5.41) is 6.47. The first-order valence-corrected chi connectivity index (χ1v) is 8.85. The van der Waals surface area contributed by atoms with Crippen LogP contribution in [0.25, 0.3) is 0 Å². The molecule has 1 amide bonds. The maximum atomic E-state index is 11.7. The van der Waals surface area contributed by atoms with Crippen molar-refractivity contribution >= 4 is 11.9 Å². The number of carbonyl (C=O) groups is 1. The van der Waals surface area contributed by atoms with Crippen LogP contribution in [-0.2, 0) is 14.3 Å². The van der Waals surface area contributed by atoms with Crippen LogP contribution in [0.1, 0.15) is 33.6 Å². The maximum absolute atomic E-state index is 11.7. The van der Waals surface area contributed by atoms with E-state index in [1.165, 1.54) is 4.90 Å². The molecule has 0 aliphatic rings. The van der Waals surface area contributed by atoms with Crippen LogP contribution in [0, 0.1) is 5.92 Å². The number of guanidine groups is 1. The van der Waals surface area contributed by atoms with Gasteiger partial charge in [0.05, 0.1) is 0 Å². The van der Waals surface area contributed by atoms with E-state index in [4.69, 9.17) is 9.47 Å². The second-order valence-electron chi connectivity index (χ2n) is 6.18. The van der Waals surface area contributed by atoms with Gasteiger partial charge < -0.3 is 25.0 Å². The topological polar surface area (TPSA) is 75.2 Å². The molecule has 0 rings (SSSR count). The summed E-state index contributed by atoms with van der Waals surface area (Å²) < 4.78 is 10.9. The van der Waals surface area contributed by atoms with E-state index in [9.17, 15) is 4.79 Å². The molecule has 0 radical (unpaired) electrons. The molecule has 0 aliphatic carbocycles. The van der Waals surface area contributed by atoms with Crippen molar-refractivity contribution in [1.29, 1.82) is 0 Å². The van der Waals surface area contributed by atoms with Gasteiger partial charge in [0.1, 0.15) is 6.54 Å². The minimum atomic E-state index is -0.0225. The lowest BCUT2D eigenvalue weighted by atomic mass is 10.2. The number of hydrogen-bond donors (Lipinski definition) is 2. The van der Waals surface area contributed by atoms with Crippen molar-refractivity contribution in [1.82, 2.24) is 15.5 Å². The van der Waals surface area contributed by atoms with Crippen molar-refractivity contribution in [3.63, 3.8) is 0 Å². The number of ether oxygens (including phenoxy) is 2. The largest absolute Gasteiger partial charge is 0.382 e. The minimum Gasteiger partial charge on any atom is -0.382 e. The monoisotopic (exact) mass is 344 g/mol. The Hall–Kier alpha value is -1.34. The van der Waals surface area contributed by atoms with Crippen LogP contribution in [0.3, 0.4) is 0 Å². The number of nitrogens with one attached hydrogen (secondary N) is 2. The molecule has 7 nitrogen and oxygen atoms in total. The Morgan fingerprint density at radius 2 is 1.67 bits per heavy atom. The summed E-state index contributed by atoms with van der Waals surface area (Å²) in [6.07, 6.45) is 1.79. The van der Waals surface area contributed by atoms with E-state index in [0.717, 1.165) is 52.4 Å². The number of hydrogen-bond acceptors (Lipinski definition) is 4. The van der Waals surface area contributed by atoms with Crippen LogP contribution in [0.15, 0.2) is 4.99 Å². The van der Waals surface area contributed by atoms with Crippen molar-refractivity contribution in [2.45, 2.75) is 33.6 Å². The number of rotatable bonds is 13. The first-order chi connectivity index (χ1) is 11.5. The Balaban J connectivity index is 4.11. The second kappa shape index (κ2) is 15.2. The third-order valence-corrected chi connectivity index (χ3v) is 3.04. The molecule has 0 atom stereocenters. The van der Waals surface area contributed by atoms with E-state index in [2.05, 4.69) is 29.5 Å². The molecule has 0 aromatic carbocycles. The zero-order valence-electron chi connectivity index (χ0n) is 16.1. The number of carbonyl (C=O) groups excluding carboxylic acids is 1. The third kappa shape index (κ3) is 14.3. The van der Waals surface area contributed by atoms with E-state index in [1.807, 2.05) is 6.92 Å². The summed E-state index contributed by atoms with van der Waals surface area (Å²) in [5.41, 5.74) is 0. The Morgan fingerprint density at radius 1 is 1.08 bits per heavy atom. The van der Waals surface area contributed by atoms with Crippen molar-refractivity contribution in [2.24, 2.45) is 10.9 Å². The van der Waals surface area contributed by atoms with Gasteiger partial charge in [-0.25, -0.2) is 4.99 Å². The van der Waals surface area contributed by atoms with Gasteiger partial charge in [0, 0.05) is 53.6 Å². The summed E-state index contributed by atoms with van der Waals surface area (Å²) in [4.78, 5) is 17.5. The van der Waals surface area contributed by atoms with Crippen LogP contribution in [0.2, 0.25) is 0 Å². The zero-order chi connectivity index (χ0) is 18.2. The van der Waals surface area contributed by atoms with Crippen molar-refractivity contribution in [2.75, 3.05) is 60.2 Å². The van der Waals surface area contributed by atoms with Gasteiger partial charge in [-0.05, 0) is 25.7 Å². The molecular formula is C17H36N4O3. The van der Waals surface area contributed by atoms with E-state index in [0.29, 0.717) is 11.9 Å². The van der Waals surface area contributed by atoms with Gasteiger partial charge >= 0.3 is 0 Å². The molecule has 142 valence electrons. The highest BCUT2D eigenvalue weighted by atomic mass is 16.5. The molecule has 0 spiro atoms. The van der Waals surface area contributed by atoms with Gasteiger partial charge in [0.15, 0.2) is 5.96 Å². The molecule has 24 heavy (non-hydrogen) atoms. The molecule has 2 N–H and O–H groups in total. The molecular weight excluding hydrogens is 308 g/mol. The average Bonchev–Trinajstić information content (AvgIpc) is 2.53. The molecule has 0 aromatic rings. The number of aliphatic imine (C=N–C) groups is 1. The predicted molar refractivity (Wildman–Crippen MR) is 98.4 cm³/mol. The maximum Gasteiger partial charge on any atom is 0.243 e. The fourth-order valence-electron chi connectivity index (χ4n) is 1.69. The first-order valence-electron chi connectivity index (χ1n) is 8.85. The molecule has 0 aliphatic heterocycles. The minimum absolute atomic E-state index is 0.0225. The number of nitrogens with zero attached hydrogens (tertiary/aromatic N) is 2. The summed E-state index contributed by atoms with van der Waals surface area (Å²) in [7, 11) is 3.46. The molecule has 0 bridgehead atoms. The number of likely N-dealkylation sites (N-methyl/N-ethyl adjacent to an activating group) is 1. The first kappa shape index (κ1) is 22.7. The highest BCUT2D eigenvalue weighted by Gasteiger charge is 2.04. The van der Waals surface area contributed by atoms with Crippen LogP contribution < -0.4 is 10.6 Å². The Morgan fingerprint density at radius 3 is 2.17 bits per heavy atom. The van der Waals surface area contributed by atoms with Gasteiger partial charge in [-0.15, -0.1) is 0 Å². The molecule has 0 heterocycles. The van der Waals surface area contributed by atoms with Crippen molar-refractivity contribution in [3.05, 3.63) is 0 Å². The third-order valence-electron chi connectivity index (χ3n) is 3.04. The molecule has 0 aromatic heterocycles. The van der Waals surface area contributed by atoms with Crippen molar-refractivity contribution in [3.8, 4) is 0 Å². The fraction of sp³-hybridized carbons (Fsp3) is 0.882. The molecule has 0 saturated carbocycles. The Labute approximate surface area is 147 Å². The van der Waals surface area contributed by atoms with Gasteiger partial charge in [-0.2, -0.15) is 0 Å². The normalized spacial score (nSPS) is 11.7. The van der Waals surface area contributed by atoms with E-state index in [-0.39, 0.29) is 12.5 Å². The van der Waals surface area contributed by atoms with Gasteiger partial charge in [-0.3, -0.25) is 4.79 Å². The molecule has 0 unspecified atom stereocenters. The molecule has 0 fully saturated rings. The molecule has 7 heteroatoms. The smallest absolute Gasteiger partial charge is 0.243 e. The van der Waals surface area contributed by atoms with Gasteiger partial charge in [0.2, 0.25) is 5.91 Å². The lowest BCUT2D eigenvalue weighted by Gasteiger charge is -2.14. The number of amides is 1. The van der Waals surface area contributed by atoms with Crippen molar-refractivity contribution < 1.29 is 14.3 Å².